The number of benzene rings is 2. The van der Waals surface area contributed by atoms with Crippen molar-refractivity contribution in [1.82, 2.24) is 0 Å². The second kappa shape index (κ2) is 5.40. The molecule has 1 aliphatic heterocycles. The summed E-state index contributed by atoms with van der Waals surface area (Å²) in [6.07, 6.45) is 0.598. The molecule has 2 aromatic rings. The second-order valence-corrected chi connectivity index (χ2v) is 7.06. The van der Waals surface area contributed by atoms with Gasteiger partial charge in [-0.05, 0) is 55.9 Å². The van der Waals surface area contributed by atoms with E-state index in [2.05, 4.69) is 64.1 Å². The molecule has 1 aliphatic rings. The Bertz CT molecular complexity index is 703. The first kappa shape index (κ1) is 14.3. The van der Waals surface area contributed by atoms with Crippen molar-refractivity contribution in [1.29, 1.82) is 0 Å². The van der Waals surface area contributed by atoms with Gasteiger partial charge in [-0.3, -0.25) is 0 Å². The molecule has 0 spiro atoms. The van der Waals surface area contributed by atoms with Gasteiger partial charge in [0.25, 0.3) is 0 Å². The summed E-state index contributed by atoms with van der Waals surface area (Å²) < 4.78 is 20.4. The average Bonchev–Trinajstić information content (AvgIpc) is 2.66. The van der Waals surface area contributed by atoms with Gasteiger partial charge in [0.15, 0.2) is 0 Å². The molecule has 0 amide bonds. The molecule has 1 saturated heterocycles. The van der Waals surface area contributed by atoms with E-state index in [0.29, 0.717) is 0 Å². The zero-order valence-corrected chi connectivity index (χ0v) is 14.1. The molecule has 1 unspecified atom stereocenters. The highest BCUT2D eigenvalue weighted by Crippen LogP contribution is 2.37. The highest BCUT2D eigenvalue weighted by Gasteiger charge is 2.52. The summed E-state index contributed by atoms with van der Waals surface area (Å²) in [5, 5.41) is 2.35. The zero-order valence-electron chi connectivity index (χ0n) is 15.1. The molecule has 3 heteroatoms. The van der Waals surface area contributed by atoms with Gasteiger partial charge < -0.3 is 9.31 Å². The van der Waals surface area contributed by atoms with Crippen LogP contribution in [0.5, 0.6) is 0 Å². The molecule has 0 bridgehead atoms. The first-order valence-corrected chi connectivity index (χ1v) is 8.00. The highest BCUT2D eigenvalue weighted by atomic mass is 16.7. The third-order valence-electron chi connectivity index (χ3n) is 4.95. The maximum absolute atomic E-state index is 7.93. The lowest BCUT2D eigenvalue weighted by Crippen LogP contribution is -2.41. The zero-order chi connectivity index (χ0) is 16.8. The van der Waals surface area contributed by atoms with E-state index in [9.17, 15) is 0 Å². The summed E-state index contributed by atoms with van der Waals surface area (Å²) in [4.78, 5) is 0. The second-order valence-electron chi connectivity index (χ2n) is 7.06. The highest BCUT2D eigenvalue weighted by molar-refractivity contribution is 6.65. The Morgan fingerprint density at radius 2 is 1.59 bits per heavy atom. The monoisotopic (exact) mass is 297 g/mol. The van der Waals surface area contributed by atoms with E-state index in [1.165, 1.54) is 16.3 Å². The van der Waals surface area contributed by atoms with E-state index in [1.807, 2.05) is 6.92 Å². The SMILES string of the molecule is [2H]C(C)Cc1cccc2cccc(B3OC(C)(C)C(C)(C)O3)c12. The molecular weight excluding hydrogens is 271 g/mol. The maximum atomic E-state index is 7.93. The molecule has 22 heavy (non-hydrogen) atoms. The van der Waals surface area contributed by atoms with Crippen molar-refractivity contribution in [2.75, 3.05) is 0 Å². The molecular formula is C19H25BO2. The number of aryl methyl sites for hydroxylation is 1. The van der Waals surface area contributed by atoms with Crippen LogP contribution in [-0.4, -0.2) is 18.3 Å². The molecule has 0 aliphatic carbocycles. The average molecular weight is 297 g/mol. The number of hydrogen-bond donors (Lipinski definition) is 0. The minimum atomic E-state index is -0.370. The third-order valence-corrected chi connectivity index (χ3v) is 4.95. The van der Waals surface area contributed by atoms with Gasteiger partial charge in [-0.15, -0.1) is 0 Å². The van der Waals surface area contributed by atoms with Crippen LogP contribution < -0.4 is 5.46 Å². The van der Waals surface area contributed by atoms with E-state index >= 15 is 0 Å². The molecule has 0 aromatic heterocycles. The van der Waals surface area contributed by atoms with Crippen molar-refractivity contribution in [2.45, 2.75) is 58.6 Å². The first-order chi connectivity index (χ1) is 10.7. The van der Waals surface area contributed by atoms with Crippen molar-refractivity contribution >= 4 is 23.4 Å². The van der Waals surface area contributed by atoms with Crippen LogP contribution in [0, 0.1) is 0 Å². The fraction of sp³-hybridized carbons (Fsp3) is 0.474. The van der Waals surface area contributed by atoms with Crippen LogP contribution in [0.25, 0.3) is 10.8 Å². The maximum Gasteiger partial charge on any atom is 0.495 e. The lowest BCUT2D eigenvalue weighted by Gasteiger charge is -2.32. The normalized spacial score (nSPS) is 21.9. The summed E-state index contributed by atoms with van der Waals surface area (Å²) in [5.41, 5.74) is 1.56. The minimum Gasteiger partial charge on any atom is -0.399 e. The molecule has 3 rings (SSSR count). The van der Waals surface area contributed by atoms with E-state index in [1.54, 1.807) is 0 Å². The smallest absolute Gasteiger partial charge is 0.399 e. The Hall–Kier alpha value is -1.32. The van der Waals surface area contributed by atoms with Crippen LogP contribution in [0.4, 0.5) is 0 Å². The number of hydrogen-bond acceptors (Lipinski definition) is 2. The summed E-state index contributed by atoms with van der Waals surface area (Å²) in [6.45, 7) is 10.2. The van der Waals surface area contributed by atoms with Gasteiger partial charge in [-0.1, -0.05) is 49.7 Å². The molecule has 0 radical (unpaired) electrons. The quantitative estimate of drug-likeness (QED) is 0.794. The van der Waals surface area contributed by atoms with Crippen LogP contribution in [0.3, 0.4) is 0 Å². The van der Waals surface area contributed by atoms with E-state index < -0.39 is 0 Å². The van der Waals surface area contributed by atoms with Gasteiger partial charge in [-0.25, -0.2) is 0 Å². The molecule has 0 saturated carbocycles. The fourth-order valence-electron chi connectivity index (χ4n) is 3.01. The molecule has 0 N–H and O–H groups in total. The molecule has 116 valence electrons. The summed E-state index contributed by atoms with van der Waals surface area (Å²) in [7, 11) is -0.370. The Morgan fingerprint density at radius 3 is 2.18 bits per heavy atom. The Morgan fingerprint density at radius 1 is 1.00 bits per heavy atom. The molecule has 2 aromatic carbocycles. The van der Waals surface area contributed by atoms with Gasteiger partial charge >= 0.3 is 7.12 Å². The third kappa shape index (κ3) is 2.47. The van der Waals surface area contributed by atoms with E-state index in [0.717, 1.165) is 11.9 Å². The standard InChI is InChI=1S/C19H25BO2/c1-6-9-14-10-7-11-15-12-8-13-16(17(14)15)20-21-18(2,3)19(4,5)22-20/h7-8,10-13H,6,9H2,1-5H3/i6D. The summed E-state index contributed by atoms with van der Waals surface area (Å²) in [5.74, 6) is 0. The molecule has 1 fully saturated rings. The minimum absolute atomic E-state index is 0.132. The van der Waals surface area contributed by atoms with Crippen molar-refractivity contribution in [3.05, 3.63) is 42.0 Å². The van der Waals surface area contributed by atoms with Crippen LogP contribution in [0.15, 0.2) is 36.4 Å². The lowest BCUT2D eigenvalue weighted by molar-refractivity contribution is 0.00578. The van der Waals surface area contributed by atoms with Crippen molar-refractivity contribution < 1.29 is 10.7 Å². The largest absolute Gasteiger partial charge is 0.495 e. The van der Waals surface area contributed by atoms with Crippen LogP contribution >= 0.6 is 0 Å². The van der Waals surface area contributed by atoms with Gasteiger partial charge in [0.1, 0.15) is 0 Å². The van der Waals surface area contributed by atoms with Crippen molar-refractivity contribution in [3.8, 4) is 0 Å². The molecule has 2 nitrogen and oxygen atoms in total. The van der Waals surface area contributed by atoms with Crippen LogP contribution in [-0.2, 0) is 15.7 Å². The molecule has 1 heterocycles. The van der Waals surface area contributed by atoms with Gasteiger partial charge in [0.2, 0.25) is 0 Å². The summed E-state index contributed by atoms with van der Waals surface area (Å²) in [6, 6.07) is 12.5. The van der Waals surface area contributed by atoms with Crippen molar-refractivity contribution in [3.63, 3.8) is 0 Å². The fourth-order valence-corrected chi connectivity index (χ4v) is 3.01. The van der Waals surface area contributed by atoms with Crippen LogP contribution in [0.1, 0.15) is 47.9 Å². The summed E-state index contributed by atoms with van der Waals surface area (Å²) >= 11 is 0. The first-order valence-electron chi connectivity index (χ1n) is 8.57. The van der Waals surface area contributed by atoms with E-state index in [-0.39, 0.29) is 24.7 Å². The van der Waals surface area contributed by atoms with Gasteiger partial charge in [-0.2, -0.15) is 0 Å². The Kier molecular flexibility index (Phi) is 3.51. The Balaban J connectivity index is 2.12. The van der Waals surface area contributed by atoms with E-state index in [4.69, 9.17) is 10.7 Å². The topological polar surface area (TPSA) is 18.5 Å². The number of fused-ring (bicyclic) bond motifs is 1. The molecule has 1 atom stereocenters. The lowest BCUT2D eigenvalue weighted by atomic mass is 9.74. The Labute approximate surface area is 135 Å². The van der Waals surface area contributed by atoms with Crippen LogP contribution in [0.2, 0.25) is 0 Å². The van der Waals surface area contributed by atoms with Crippen molar-refractivity contribution in [2.24, 2.45) is 0 Å². The number of rotatable bonds is 3. The predicted molar refractivity (Wildman–Crippen MR) is 93.7 cm³/mol. The predicted octanol–water partition coefficient (Wildman–Crippen LogP) is 4.09. The van der Waals surface area contributed by atoms with Gasteiger partial charge in [0.05, 0.1) is 11.2 Å². The van der Waals surface area contributed by atoms with Gasteiger partial charge in [0, 0.05) is 1.37 Å².